The highest BCUT2D eigenvalue weighted by atomic mass is 35.5. The minimum absolute atomic E-state index is 0. The van der Waals surface area contributed by atoms with Crippen molar-refractivity contribution in [2.24, 2.45) is 11.7 Å². The van der Waals surface area contributed by atoms with Crippen LogP contribution in [0.5, 0.6) is 0 Å². The van der Waals surface area contributed by atoms with E-state index >= 15 is 0 Å². The molecule has 3 N–H and O–H groups in total. The van der Waals surface area contributed by atoms with Crippen LogP contribution in [0.1, 0.15) is 31.2 Å². The minimum atomic E-state index is 0. The fourth-order valence-corrected chi connectivity index (χ4v) is 2.47. The van der Waals surface area contributed by atoms with Gasteiger partial charge in [0.15, 0.2) is 0 Å². The lowest BCUT2D eigenvalue weighted by Gasteiger charge is -2.15. The fraction of sp³-hybridized carbons (Fsp3) is 0.500. The largest absolute Gasteiger partial charge is 0.327 e. The predicted molar refractivity (Wildman–Crippen MR) is 77.0 cm³/mol. The van der Waals surface area contributed by atoms with Gasteiger partial charge in [0.05, 0.1) is 0 Å². The zero-order chi connectivity index (χ0) is 12.3. The molecule has 0 aliphatic heterocycles. The second-order valence-electron chi connectivity index (χ2n) is 4.92. The second kappa shape index (κ2) is 6.76. The summed E-state index contributed by atoms with van der Waals surface area (Å²) in [6.07, 6.45) is 3.85. The monoisotopic (exact) mass is 268 g/mol. The molecule has 0 unspecified atom stereocenters. The van der Waals surface area contributed by atoms with Gasteiger partial charge in [0.2, 0.25) is 5.91 Å². The highest BCUT2D eigenvalue weighted by Gasteiger charge is 2.26. The number of halogens is 1. The van der Waals surface area contributed by atoms with Crippen molar-refractivity contribution in [1.29, 1.82) is 0 Å². The molecule has 1 aliphatic rings. The van der Waals surface area contributed by atoms with Gasteiger partial charge in [0, 0.05) is 18.2 Å². The van der Waals surface area contributed by atoms with Crippen molar-refractivity contribution in [3.63, 3.8) is 0 Å². The molecule has 1 amide bonds. The smallest absolute Gasteiger partial charge is 0.224 e. The van der Waals surface area contributed by atoms with Crippen LogP contribution in [0.4, 0.5) is 5.69 Å². The third kappa shape index (κ3) is 3.72. The van der Waals surface area contributed by atoms with Crippen LogP contribution in [0.15, 0.2) is 24.3 Å². The van der Waals surface area contributed by atoms with Gasteiger partial charge >= 0.3 is 0 Å². The Bertz CT molecular complexity index is 409. The van der Waals surface area contributed by atoms with E-state index in [0.717, 1.165) is 30.5 Å². The van der Waals surface area contributed by atoms with Crippen LogP contribution in [-0.4, -0.2) is 11.9 Å². The Labute approximate surface area is 115 Å². The molecule has 0 saturated heterocycles. The Hall–Kier alpha value is -1.06. The fourth-order valence-electron chi connectivity index (χ4n) is 2.47. The SMILES string of the molecule is Cc1ccccc1NC(=O)C[C@@H]1CCC[C@H]1N.Cl. The molecule has 0 bridgehead atoms. The van der Waals surface area contributed by atoms with Gasteiger partial charge in [-0.1, -0.05) is 24.6 Å². The van der Waals surface area contributed by atoms with E-state index < -0.39 is 0 Å². The van der Waals surface area contributed by atoms with E-state index in [1.807, 2.05) is 31.2 Å². The third-order valence-corrected chi connectivity index (χ3v) is 3.58. The van der Waals surface area contributed by atoms with Gasteiger partial charge in [-0.25, -0.2) is 0 Å². The summed E-state index contributed by atoms with van der Waals surface area (Å²) in [7, 11) is 0. The second-order valence-corrected chi connectivity index (χ2v) is 4.92. The van der Waals surface area contributed by atoms with E-state index in [-0.39, 0.29) is 24.4 Å². The van der Waals surface area contributed by atoms with Crippen LogP contribution in [0, 0.1) is 12.8 Å². The van der Waals surface area contributed by atoms with Crippen molar-refractivity contribution in [2.45, 2.75) is 38.6 Å². The molecule has 1 aromatic carbocycles. The summed E-state index contributed by atoms with van der Waals surface area (Å²) in [6.45, 7) is 2.00. The first kappa shape index (κ1) is 15.0. The Morgan fingerprint density at radius 3 is 2.72 bits per heavy atom. The van der Waals surface area contributed by atoms with Gasteiger partial charge in [-0.15, -0.1) is 12.4 Å². The molecular weight excluding hydrogens is 248 g/mol. The van der Waals surface area contributed by atoms with E-state index in [1.165, 1.54) is 0 Å². The van der Waals surface area contributed by atoms with Crippen LogP contribution in [0.25, 0.3) is 0 Å². The standard InChI is InChI=1S/C14H20N2O.ClH/c1-10-5-2-3-8-13(10)16-14(17)9-11-6-4-7-12(11)15;/h2-3,5,8,11-12H,4,6-7,9,15H2,1H3,(H,16,17);1H/t11-,12+;/m0./s1. The number of benzene rings is 1. The lowest BCUT2D eigenvalue weighted by Crippen LogP contribution is -2.28. The number of amides is 1. The van der Waals surface area contributed by atoms with E-state index in [4.69, 9.17) is 5.73 Å². The minimum Gasteiger partial charge on any atom is -0.327 e. The lowest BCUT2D eigenvalue weighted by atomic mass is 10.00. The Morgan fingerprint density at radius 1 is 1.39 bits per heavy atom. The van der Waals surface area contributed by atoms with Gasteiger partial charge < -0.3 is 11.1 Å². The normalized spacial score (nSPS) is 22.3. The first-order chi connectivity index (χ1) is 8.16. The summed E-state index contributed by atoms with van der Waals surface area (Å²) in [5.41, 5.74) is 7.97. The molecule has 1 aromatic rings. The van der Waals surface area contributed by atoms with Gasteiger partial charge in [-0.2, -0.15) is 0 Å². The molecule has 4 heteroatoms. The summed E-state index contributed by atoms with van der Waals surface area (Å²) in [6, 6.07) is 8.04. The molecule has 0 spiro atoms. The molecule has 3 nitrogen and oxygen atoms in total. The molecule has 0 heterocycles. The quantitative estimate of drug-likeness (QED) is 0.886. The average molecular weight is 269 g/mol. The molecule has 1 aliphatic carbocycles. The van der Waals surface area contributed by atoms with Gasteiger partial charge in [-0.3, -0.25) is 4.79 Å². The van der Waals surface area contributed by atoms with Crippen LogP contribution < -0.4 is 11.1 Å². The molecule has 1 saturated carbocycles. The molecule has 0 radical (unpaired) electrons. The van der Waals surface area contributed by atoms with Crippen molar-refractivity contribution < 1.29 is 4.79 Å². The summed E-state index contributed by atoms with van der Waals surface area (Å²) >= 11 is 0. The summed E-state index contributed by atoms with van der Waals surface area (Å²) in [5.74, 6) is 0.445. The number of hydrogen-bond donors (Lipinski definition) is 2. The van der Waals surface area contributed by atoms with E-state index in [1.54, 1.807) is 0 Å². The zero-order valence-electron chi connectivity index (χ0n) is 10.7. The maximum Gasteiger partial charge on any atom is 0.224 e. The number of nitrogens with one attached hydrogen (secondary N) is 1. The van der Waals surface area contributed by atoms with Crippen molar-refractivity contribution in [3.05, 3.63) is 29.8 Å². The zero-order valence-corrected chi connectivity index (χ0v) is 11.5. The number of nitrogens with two attached hydrogens (primary N) is 1. The molecule has 18 heavy (non-hydrogen) atoms. The molecular formula is C14H21ClN2O. The number of carbonyl (C=O) groups is 1. The topological polar surface area (TPSA) is 55.1 Å². The Morgan fingerprint density at radius 2 is 2.11 bits per heavy atom. The van der Waals surface area contributed by atoms with E-state index in [9.17, 15) is 4.79 Å². The average Bonchev–Trinajstić information content (AvgIpc) is 2.68. The molecule has 0 aromatic heterocycles. The number of para-hydroxylation sites is 1. The van der Waals surface area contributed by atoms with Crippen LogP contribution in [0.3, 0.4) is 0 Å². The van der Waals surface area contributed by atoms with Crippen molar-refractivity contribution in [2.75, 3.05) is 5.32 Å². The number of anilines is 1. The van der Waals surface area contributed by atoms with Crippen LogP contribution >= 0.6 is 12.4 Å². The number of hydrogen-bond acceptors (Lipinski definition) is 2. The summed E-state index contributed by atoms with van der Waals surface area (Å²) in [5, 5.41) is 2.96. The van der Waals surface area contributed by atoms with E-state index in [0.29, 0.717) is 12.3 Å². The lowest BCUT2D eigenvalue weighted by molar-refractivity contribution is -0.117. The van der Waals surface area contributed by atoms with Crippen molar-refractivity contribution >= 4 is 24.0 Å². The van der Waals surface area contributed by atoms with Gasteiger partial charge in [-0.05, 0) is 37.3 Å². The number of aryl methyl sites for hydroxylation is 1. The van der Waals surface area contributed by atoms with Crippen LogP contribution in [-0.2, 0) is 4.79 Å². The first-order valence-corrected chi connectivity index (χ1v) is 6.28. The van der Waals surface area contributed by atoms with Crippen LogP contribution in [0.2, 0.25) is 0 Å². The number of carbonyl (C=O) groups excluding carboxylic acids is 1. The highest BCUT2D eigenvalue weighted by molar-refractivity contribution is 5.91. The van der Waals surface area contributed by atoms with Crippen molar-refractivity contribution in [3.8, 4) is 0 Å². The molecule has 1 fully saturated rings. The van der Waals surface area contributed by atoms with Gasteiger partial charge in [0.1, 0.15) is 0 Å². The molecule has 100 valence electrons. The predicted octanol–water partition coefficient (Wildman–Crippen LogP) is 2.87. The van der Waals surface area contributed by atoms with E-state index in [2.05, 4.69) is 5.32 Å². The number of rotatable bonds is 3. The van der Waals surface area contributed by atoms with Gasteiger partial charge in [0.25, 0.3) is 0 Å². The molecule has 2 rings (SSSR count). The highest BCUT2D eigenvalue weighted by Crippen LogP contribution is 2.27. The first-order valence-electron chi connectivity index (χ1n) is 6.28. The molecule has 2 atom stereocenters. The maximum absolute atomic E-state index is 11.9. The van der Waals surface area contributed by atoms with Crippen molar-refractivity contribution in [1.82, 2.24) is 0 Å². The summed E-state index contributed by atoms with van der Waals surface area (Å²) < 4.78 is 0. The maximum atomic E-state index is 11.9. The Balaban J connectivity index is 0.00000162. The Kier molecular flexibility index (Phi) is 5.63. The third-order valence-electron chi connectivity index (χ3n) is 3.58. The summed E-state index contributed by atoms with van der Waals surface area (Å²) in [4.78, 5) is 11.9.